The fourth-order valence-corrected chi connectivity index (χ4v) is 5.55. The van der Waals surface area contributed by atoms with Crippen LogP contribution in [0.5, 0.6) is 11.5 Å². The fraction of sp³-hybridized carbons (Fsp3) is 0.344. The first-order valence-electron chi connectivity index (χ1n) is 15.4. The average molecular weight is 734 g/mol. The highest BCUT2D eigenvalue weighted by Gasteiger charge is 2.44. The van der Waals surface area contributed by atoms with Crippen LogP contribution in [0.3, 0.4) is 0 Å². The summed E-state index contributed by atoms with van der Waals surface area (Å²) in [5.41, 5.74) is 10.6. The van der Waals surface area contributed by atoms with Crippen molar-refractivity contribution < 1.29 is 52.0 Å². The summed E-state index contributed by atoms with van der Waals surface area (Å²) in [4.78, 5) is 76.0. The van der Waals surface area contributed by atoms with E-state index in [0.29, 0.717) is 29.0 Å². The van der Waals surface area contributed by atoms with Gasteiger partial charge in [-0.3, -0.25) is 9.79 Å². The van der Waals surface area contributed by atoms with Crippen molar-refractivity contribution in [2.24, 2.45) is 16.5 Å². The van der Waals surface area contributed by atoms with Gasteiger partial charge < -0.3 is 36.5 Å². The Morgan fingerprint density at radius 3 is 2.27 bits per heavy atom. The molecule has 0 aliphatic carbocycles. The van der Waals surface area contributed by atoms with Crippen LogP contribution >= 0.6 is 0 Å². The molecule has 0 fully saturated rings. The van der Waals surface area contributed by atoms with Crippen LogP contribution < -0.4 is 37.6 Å². The fourth-order valence-electron chi connectivity index (χ4n) is 5.55. The van der Waals surface area contributed by atoms with Crippen LogP contribution in [0.2, 0.25) is 0 Å². The van der Waals surface area contributed by atoms with Crippen molar-refractivity contribution in [1.29, 1.82) is 0 Å². The lowest BCUT2D eigenvalue weighted by Crippen LogP contribution is -2.46. The molecule has 1 aromatic heterocycles. The molecule has 2 aliphatic rings. The number of rotatable bonds is 9. The normalized spacial score (nSPS) is 15.8. The third-order valence-corrected chi connectivity index (χ3v) is 7.94. The highest BCUT2D eigenvalue weighted by atomic mass is 19.4. The minimum atomic E-state index is -5.08. The van der Waals surface area contributed by atoms with E-state index < -0.39 is 53.3 Å². The molecule has 52 heavy (non-hydrogen) atoms. The van der Waals surface area contributed by atoms with Gasteiger partial charge in [0.25, 0.3) is 0 Å². The van der Waals surface area contributed by atoms with Gasteiger partial charge in [0.2, 0.25) is 0 Å². The lowest BCUT2D eigenvalue weighted by Gasteiger charge is -2.42. The molecule has 7 N–H and O–H groups in total. The zero-order chi connectivity index (χ0) is 38.7. The number of aliphatic imine (C=N–C) groups is 1. The zero-order valence-electron chi connectivity index (χ0n) is 27.8. The SMILES string of the molecule is CC(=O)c1ccc(-n2c(=O)n3n(c2=O)C2C(=CC3)C(C)(C)Oc3cc(OC(=O)NC(CCCN=C(N)N)C(=O)O)ccc32)cc1.O=C(O)C(F)(F)F. The van der Waals surface area contributed by atoms with Gasteiger partial charge in [-0.15, -0.1) is 0 Å². The summed E-state index contributed by atoms with van der Waals surface area (Å²) < 4.78 is 47.2. The van der Waals surface area contributed by atoms with Crippen molar-refractivity contribution in [2.45, 2.75) is 64.0 Å². The second kappa shape index (κ2) is 14.9. The predicted octanol–water partition coefficient (Wildman–Crippen LogP) is 1.93. The molecular formula is C32H34F3N7O10. The van der Waals surface area contributed by atoms with E-state index in [4.69, 9.17) is 30.8 Å². The van der Waals surface area contributed by atoms with Crippen LogP contribution in [0.4, 0.5) is 18.0 Å². The molecule has 0 bridgehead atoms. The molecular weight excluding hydrogens is 699 g/mol. The summed E-state index contributed by atoms with van der Waals surface area (Å²) in [6.07, 6.45) is -3.84. The van der Waals surface area contributed by atoms with Crippen LogP contribution in [0.25, 0.3) is 5.69 Å². The minimum absolute atomic E-state index is 0.0659. The Hall–Kier alpha value is -6.34. The van der Waals surface area contributed by atoms with E-state index in [9.17, 15) is 42.3 Å². The van der Waals surface area contributed by atoms with Crippen LogP contribution in [0, 0.1) is 0 Å². The summed E-state index contributed by atoms with van der Waals surface area (Å²) in [6.45, 7) is 5.42. The van der Waals surface area contributed by atoms with Gasteiger partial charge >= 0.3 is 35.6 Å². The largest absolute Gasteiger partial charge is 0.490 e. The first kappa shape index (κ1) is 38.5. The molecule has 278 valence electrons. The molecule has 0 saturated heterocycles. The lowest BCUT2D eigenvalue weighted by atomic mass is 9.83. The number of hydrogen-bond acceptors (Lipinski definition) is 9. The summed E-state index contributed by atoms with van der Waals surface area (Å²) >= 11 is 0. The van der Waals surface area contributed by atoms with E-state index in [1.54, 1.807) is 30.3 Å². The number of carboxylic acids is 2. The van der Waals surface area contributed by atoms with E-state index >= 15 is 0 Å². The third-order valence-electron chi connectivity index (χ3n) is 7.94. The second-order valence-electron chi connectivity index (χ2n) is 12.0. The number of ether oxygens (including phenoxy) is 2. The minimum Gasteiger partial charge on any atom is -0.483 e. The van der Waals surface area contributed by atoms with E-state index in [-0.39, 0.29) is 37.0 Å². The Labute approximate surface area is 291 Å². The zero-order valence-corrected chi connectivity index (χ0v) is 27.8. The molecule has 2 unspecified atom stereocenters. The monoisotopic (exact) mass is 733 g/mol. The second-order valence-corrected chi connectivity index (χ2v) is 12.0. The van der Waals surface area contributed by atoms with Crippen molar-refractivity contribution in [2.75, 3.05) is 6.54 Å². The maximum absolute atomic E-state index is 13.9. The number of amides is 1. The van der Waals surface area contributed by atoms with Crippen LogP contribution in [0.1, 0.15) is 55.6 Å². The number of fused-ring (bicyclic) bond motifs is 5. The van der Waals surface area contributed by atoms with Gasteiger partial charge in [-0.1, -0.05) is 6.08 Å². The number of carboxylic acid groups (broad SMARTS) is 2. The quantitative estimate of drug-likeness (QED) is 0.0696. The van der Waals surface area contributed by atoms with Crippen LogP contribution in [0.15, 0.2) is 68.7 Å². The number of carbonyl (C=O) groups excluding carboxylic acids is 2. The van der Waals surface area contributed by atoms with Gasteiger partial charge in [0, 0.05) is 23.7 Å². The highest BCUT2D eigenvalue weighted by Crippen LogP contribution is 2.47. The van der Waals surface area contributed by atoms with Gasteiger partial charge in [-0.25, -0.2) is 37.9 Å². The number of allylic oxidation sites excluding steroid dienone is 1. The van der Waals surface area contributed by atoms with Crippen molar-refractivity contribution in [3.63, 3.8) is 0 Å². The Bertz CT molecular complexity index is 2070. The van der Waals surface area contributed by atoms with Gasteiger partial charge in [0.05, 0.1) is 12.2 Å². The topological polar surface area (TPSA) is 253 Å². The number of nitrogens with two attached hydrogens (primary N) is 2. The van der Waals surface area contributed by atoms with Gasteiger partial charge in [0.1, 0.15) is 29.2 Å². The summed E-state index contributed by atoms with van der Waals surface area (Å²) in [6, 6.07) is 8.87. The first-order chi connectivity index (χ1) is 24.2. The van der Waals surface area contributed by atoms with Crippen LogP contribution in [-0.2, 0) is 16.1 Å². The van der Waals surface area contributed by atoms with E-state index in [2.05, 4.69) is 10.3 Å². The van der Waals surface area contributed by atoms with Crippen molar-refractivity contribution in [3.05, 3.63) is 86.2 Å². The number of nitrogens with zero attached hydrogens (tertiary/aromatic N) is 4. The van der Waals surface area contributed by atoms with Gasteiger partial charge in [-0.2, -0.15) is 13.2 Å². The molecule has 2 aliphatic heterocycles. The molecule has 3 aromatic rings. The van der Waals surface area contributed by atoms with Gasteiger partial charge in [-0.05, 0) is 75.6 Å². The van der Waals surface area contributed by atoms with E-state index in [1.165, 1.54) is 28.4 Å². The van der Waals surface area contributed by atoms with E-state index in [1.807, 2.05) is 19.9 Å². The first-order valence-corrected chi connectivity index (χ1v) is 15.4. The number of aromatic nitrogens is 3. The number of nitrogens with one attached hydrogen (secondary N) is 1. The standard InChI is InChI=1S/C30H33N7O8.C2HF3O2/c1-16(38)17-6-8-18(9-7-17)36-28(42)35-14-12-21-24(37(35)29(36)43)20-11-10-19(15-23(20)45-30(21,2)3)44-27(41)34-22(25(39)40)5-4-13-33-26(31)32;3-2(4,5)1(6)7/h6-12,15,22,24H,4-5,13-14H2,1-3H3,(H,34,41)(H,39,40)(H4,31,32,33);(H,6,7). The number of carbonyl (C=O) groups is 4. The van der Waals surface area contributed by atoms with Crippen molar-refractivity contribution in [3.8, 4) is 17.2 Å². The number of ketones is 1. The molecule has 0 saturated carbocycles. The number of halogens is 3. The Balaban J connectivity index is 0.000000785. The third kappa shape index (κ3) is 8.33. The molecule has 20 heteroatoms. The van der Waals surface area contributed by atoms with E-state index in [0.717, 1.165) is 10.1 Å². The molecule has 17 nitrogen and oxygen atoms in total. The molecule has 2 aromatic carbocycles. The van der Waals surface area contributed by atoms with Gasteiger partial charge in [0.15, 0.2) is 11.7 Å². The molecule has 3 heterocycles. The summed E-state index contributed by atoms with van der Waals surface area (Å²) in [5.74, 6) is -3.88. The molecule has 2 atom stereocenters. The predicted molar refractivity (Wildman–Crippen MR) is 176 cm³/mol. The number of benzene rings is 2. The molecule has 1 amide bonds. The summed E-state index contributed by atoms with van der Waals surface area (Å²) in [7, 11) is 0. The Morgan fingerprint density at radius 2 is 1.71 bits per heavy atom. The maximum atomic E-state index is 13.9. The van der Waals surface area contributed by atoms with Crippen molar-refractivity contribution in [1.82, 2.24) is 19.2 Å². The highest BCUT2D eigenvalue weighted by molar-refractivity contribution is 5.94. The molecule has 0 radical (unpaired) electrons. The number of hydrogen-bond donors (Lipinski definition) is 5. The smallest absolute Gasteiger partial charge is 0.483 e. The Kier molecular flexibility index (Phi) is 11.0. The maximum Gasteiger partial charge on any atom is 0.490 e. The van der Waals surface area contributed by atoms with Crippen LogP contribution in [-0.4, -0.2) is 78.3 Å². The number of aliphatic carboxylic acids is 2. The molecule has 5 rings (SSSR count). The average Bonchev–Trinajstić information content (AvgIpc) is 3.30. The number of alkyl halides is 3. The summed E-state index contributed by atoms with van der Waals surface area (Å²) in [5, 5.41) is 19.0. The van der Waals surface area contributed by atoms with Crippen molar-refractivity contribution >= 4 is 29.8 Å². The lowest BCUT2D eigenvalue weighted by molar-refractivity contribution is -0.192. The number of Topliss-reactive ketones (excluding diaryl/α,β-unsaturated/α-hetero) is 1. The Morgan fingerprint density at radius 1 is 1.08 bits per heavy atom. The molecule has 0 spiro atoms. The number of guanidine groups is 1.